The highest BCUT2D eigenvalue weighted by atomic mass is 16.5. The minimum atomic E-state index is -0.306. The molecule has 0 aliphatic carbocycles. The molecule has 0 saturated carbocycles. The maximum atomic E-state index is 11.6. The third-order valence-corrected chi connectivity index (χ3v) is 2.19. The van der Waals surface area contributed by atoms with E-state index in [9.17, 15) is 4.79 Å². The number of rotatable bonds is 5. The van der Waals surface area contributed by atoms with Gasteiger partial charge in [0.2, 0.25) is 0 Å². The van der Waals surface area contributed by atoms with E-state index in [2.05, 4.69) is 6.58 Å². The molecule has 0 aromatic heterocycles. The van der Waals surface area contributed by atoms with Gasteiger partial charge in [0, 0.05) is 0 Å². The SMILES string of the molecule is C=COc1ccc(C(=O)OC(C)CC)cc1. The average molecular weight is 220 g/mol. The van der Waals surface area contributed by atoms with Crippen molar-refractivity contribution in [1.82, 2.24) is 0 Å². The number of carbonyl (C=O) groups excluding carboxylic acids is 1. The van der Waals surface area contributed by atoms with Gasteiger partial charge in [-0.05, 0) is 37.6 Å². The fraction of sp³-hybridized carbons (Fsp3) is 0.308. The molecule has 0 radical (unpaired) electrons. The van der Waals surface area contributed by atoms with Crippen molar-refractivity contribution in [3.05, 3.63) is 42.7 Å². The van der Waals surface area contributed by atoms with E-state index in [-0.39, 0.29) is 12.1 Å². The lowest BCUT2D eigenvalue weighted by Gasteiger charge is -2.10. The average Bonchev–Trinajstić information content (AvgIpc) is 2.30. The quantitative estimate of drug-likeness (QED) is 0.564. The molecule has 1 aromatic carbocycles. The number of ether oxygens (including phenoxy) is 2. The molecular weight excluding hydrogens is 204 g/mol. The first-order valence-corrected chi connectivity index (χ1v) is 5.26. The van der Waals surface area contributed by atoms with E-state index in [4.69, 9.17) is 9.47 Å². The van der Waals surface area contributed by atoms with Gasteiger partial charge in [0.05, 0.1) is 17.9 Å². The topological polar surface area (TPSA) is 35.5 Å². The van der Waals surface area contributed by atoms with Gasteiger partial charge in [-0.15, -0.1) is 0 Å². The zero-order chi connectivity index (χ0) is 12.0. The largest absolute Gasteiger partial charge is 0.466 e. The summed E-state index contributed by atoms with van der Waals surface area (Å²) in [6.07, 6.45) is 2.09. The third kappa shape index (κ3) is 3.42. The van der Waals surface area contributed by atoms with Crippen LogP contribution in [0.4, 0.5) is 0 Å². The van der Waals surface area contributed by atoms with Crippen LogP contribution in [0.15, 0.2) is 37.1 Å². The molecule has 0 spiro atoms. The van der Waals surface area contributed by atoms with Crippen molar-refractivity contribution in [2.45, 2.75) is 26.4 Å². The molecule has 86 valence electrons. The lowest BCUT2D eigenvalue weighted by molar-refractivity contribution is 0.0334. The molecule has 0 aliphatic heterocycles. The molecule has 1 aromatic rings. The smallest absolute Gasteiger partial charge is 0.338 e. The second kappa shape index (κ2) is 5.95. The van der Waals surface area contributed by atoms with Crippen molar-refractivity contribution in [3.63, 3.8) is 0 Å². The molecule has 16 heavy (non-hydrogen) atoms. The number of carbonyl (C=O) groups is 1. The first kappa shape index (κ1) is 12.3. The van der Waals surface area contributed by atoms with E-state index < -0.39 is 0 Å². The molecule has 0 fully saturated rings. The van der Waals surface area contributed by atoms with Gasteiger partial charge in [-0.2, -0.15) is 0 Å². The number of hydrogen-bond acceptors (Lipinski definition) is 3. The van der Waals surface area contributed by atoms with Crippen LogP contribution in [0.25, 0.3) is 0 Å². The highest BCUT2D eigenvalue weighted by Gasteiger charge is 2.10. The van der Waals surface area contributed by atoms with Crippen molar-refractivity contribution in [2.24, 2.45) is 0 Å². The Bertz CT molecular complexity index is 354. The van der Waals surface area contributed by atoms with Crippen LogP contribution in [-0.2, 0) is 4.74 Å². The summed E-state index contributed by atoms with van der Waals surface area (Å²) in [6, 6.07) is 6.75. The molecule has 1 unspecified atom stereocenters. The Kier molecular flexibility index (Phi) is 4.58. The van der Waals surface area contributed by atoms with Gasteiger partial charge in [0.1, 0.15) is 5.75 Å². The van der Waals surface area contributed by atoms with E-state index in [0.29, 0.717) is 11.3 Å². The van der Waals surface area contributed by atoms with Crippen molar-refractivity contribution < 1.29 is 14.3 Å². The van der Waals surface area contributed by atoms with Gasteiger partial charge < -0.3 is 9.47 Å². The minimum absolute atomic E-state index is 0.0587. The number of benzene rings is 1. The Morgan fingerprint density at radius 3 is 2.56 bits per heavy atom. The van der Waals surface area contributed by atoms with Gasteiger partial charge >= 0.3 is 5.97 Å². The van der Waals surface area contributed by atoms with Crippen molar-refractivity contribution in [1.29, 1.82) is 0 Å². The highest BCUT2D eigenvalue weighted by Crippen LogP contribution is 2.13. The van der Waals surface area contributed by atoms with Crippen molar-refractivity contribution in [2.75, 3.05) is 0 Å². The molecule has 1 rings (SSSR count). The first-order chi connectivity index (χ1) is 7.67. The fourth-order valence-corrected chi connectivity index (χ4v) is 1.10. The molecule has 0 saturated heterocycles. The Hall–Kier alpha value is -1.77. The van der Waals surface area contributed by atoms with E-state index in [1.54, 1.807) is 24.3 Å². The third-order valence-electron chi connectivity index (χ3n) is 2.19. The van der Waals surface area contributed by atoms with Crippen LogP contribution in [0.2, 0.25) is 0 Å². The van der Waals surface area contributed by atoms with Crippen LogP contribution in [0.5, 0.6) is 5.75 Å². The monoisotopic (exact) mass is 220 g/mol. The predicted octanol–water partition coefficient (Wildman–Crippen LogP) is 3.16. The summed E-state index contributed by atoms with van der Waals surface area (Å²) in [5.74, 6) is 0.342. The van der Waals surface area contributed by atoms with Crippen molar-refractivity contribution in [3.8, 4) is 5.75 Å². The summed E-state index contributed by atoms with van der Waals surface area (Å²) in [5.41, 5.74) is 0.525. The zero-order valence-corrected chi connectivity index (χ0v) is 9.60. The van der Waals surface area contributed by atoms with Crippen molar-refractivity contribution >= 4 is 5.97 Å². The highest BCUT2D eigenvalue weighted by molar-refractivity contribution is 5.89. The number of esters is 1. The van der Waals surface area contributed by atoms with Gasteiger partial charge in [0.15, 0.2) is 0 Å². The summed E-state index contributed by atoms with van der Waals surface area (Å²) in [7, 11) is 0. The van der Waals surface area contributed by atoms with E-state index in [1.807, 2.05) is 13.8 Å². The van der Waals surface area contributed by atoms with Gasteiger partial charge in [0.25, 0.3) is 0 Å². The van der Waals surface area contributed by atoms with E-state index >= 15 is 0 Å². The summed E-state index contributed by atoms with van der Waals surface area (Å²) in [5, 5.41) is 0. The molecule has 0 amide bonds. The van der Waals surface area contributed by atoms with Crippen LogP contribution >= 0.6 is 0 Å². The van der Waals surface area contributed by atoms with E-state index in [0.717, 1.165) is 6.42 Å². The summed E-state index contributed by atoms with van der Waals surface area (Å²) < 4.78 is 10.2. The second-order valence-corrected chi connectivity index (χ2v) is 3.43. The Morgan fingerprint density at radius 2 is 2.06 bits per heavy atom. The summed E-state index contributed by atoms with van der Waals surface area (Å²) in [4.78, 5) is 11.6. The lowest BCUT2D eigenvalue weighted by Crippen LogP contribution is -2.13. The Balaban J connectivity index is 2.66. The second-order valence-electron chi connectivity index (χ2n) is 3.43. The molecule has 3 nitrogen and oxygen atoms in total. The van der Waals surface area contributed by atoms with Gasteiger partial charge in [-0.1, -0.05) is 13.5 Å². The van der Waals surface area contributed by atoms with Crippen LogP contribution in [0, 0.1) is 0 Å². The predicted molar refractivity (Wildman–Crippen MR) is 62.4 cm³/mol. The minimum Gasteiger partial charge on any atom is -0.466 e. The molecule has 0 aliphatic rings. The maximum absolute atomic E-state index is 11.6. The zero-order valence-electron chi connectivity index (χ0n) is 9.60. The first-order valence-electron chi connectivity index (χ1n) is 5.26. The van der Waals surface area contributed by atoms with Gasteiger partial charge in [-0.25, -0.2) is 4.79 Å². The molecule has 0 bridgehead atoms. The standard InChI is InChI=1S/C13H16O3/c1-4-10(3)16-13(14)11-6-8-12(9-7-11)15-5-2/h5-10H,2,4H2,1,3H3. The lowest BCUT2D eigenvalue weighted by atomic mass is 10.2. The van der Waals surface area contributed by atoms with Crippen LogP contribution in [0.1, 0.15) is 30.6 Å². The summed E-state index contributed by atoms with van der Waals surface area (Å²) >= 11 is 0. The molecule has 0 heterocycles. The van der Waals surface area contributed by atoms with E-state index in [1.165, 1.54) is 6.26 Å². The molecule has 3 heteroatoms. The molecular formula is C13H16O3. The molecule has 0 N–H and O–H groups in total. The Morgan fingerprint density at radius 1 is 1.44 bits per heavy atom. The van der Waals surface area contributed by atoms with Crippen LogP contribution in [0.3, 0.4) is 0 Å². The Labute approximate surface area is 95.7 Å². The van der Waals surface area contributed by atoms with Crippen LogP contribution in [-0.4, -0.2) is 12.1 Å². The fourth-order valence-electron chi connectivity index (χ4n) is 1.10. The van der Waals surface area contributed by atoms with Gasteiger partial charge in [-0.3, -0.25) is 0 Å². The molecule has 1 atom stereocenters. The maximum Gasteiger partial charge on any atom is 0.338 e. The normalized spacial score (nSPS) is 11.6. The number of hydrogen-bond donors (Lipinski definition) is 0. The summed E-state index contributed by atoms with van der Waals surface area (Å²) in [6.45, 7) is 7.29. The van der Waals surface area contributed by atoms with Crippen LogP contribution < -0.4 is 4.74 Å².